The number of aliphatic hydroxyl groups excluding tert-OH is 4. The van der Waals surface area contributed by atoms with Gasteiger partial charge in [-0.2, -0.15) is 0 Å². The Labute approximate surface area is 324 Å². The summed E-state index contributed by atoms with van der Waals surface area (Å²) in [4.78, 5) is 0. The van der Waals surface area contributed by atoms with Crippen molar-refractivity contribution in [1.29, 1.82) is 0 Å². The van der Waals surface area contributed by atoms with Crippen LogP contribution in [0.3, 0.4) is 0 Å². The van der Waals surface area contributed by atoms with E-state index < -0.39 is 0 Å². The lowest BCUT2D eigenvalue weighted by Crippen LogP contribution is -2.58. The average molecular weight is 739 g/mol. The summed E-state index contributed by atoms with van der Waals surface area (Å²) in [5.41, 5.74) is 0.712. The molecule has 6 unspecified atom stereocenters. The molecule has 0 heterocycles. The minimum Gasteiger partial charge on any atom is -0.393 e. The maximum absolute atomic E-state index is 12.0. The Morgan fingerprint density at radius 2 is 0.925 bits per heavy atom. The van der Waals surface area contributed by atoms with Crippen LogP contribution >= 0.6 is 0 Å². The van der Waals surface area contributed by atoms with E-state index in [9.17, 15) is 20.4 Å². The first-order valence-corrected chi connectivity index (χ1v) is 23.5. The van der Waals surface area contributed by atoms with Gasteiger partial charge in [0.2, 0.25) is 0 Å². The first-order valence-electron chi connectivity index (χ1n) is 23.5. The first-order chi connectivity index (χ1) is 25.2. The van der Waals surface area contributed by atoms with E-state index in [0.29, 0.717) is 70.0 Å². The summed E-state index contributed by atoms with van der Waals surface area (Å²) in [5.74, 6) is 7.84. The number of aliphatic hydroxyl groups is 4. The summed E-state index contributed by atoms with van der Waals surface area (Å²) in [7, 11) is 0. The molecule has 0 aromatic heterocycles. The van der Waals surface area contributed by atoms with Crippen molar-refractivity contribution in [2.75, 3.05) is 13.2 Å². The lowest BCUT2D eigenvalue weighted by atomic mass is 9.43. The van der Waals surface area contributed by atoms with Crippen LogP contribution in [0.2, 0.25) is 0 Å². The molecule has 8 aliphatic rings. The van der Waals surface area contributed by atoms with E-state index in [0.717, 1.165) is 89.3 Å². The minimum atomic E-state index is -0.192. The summed E-state index contributed by atoms with van der Waals surface area (Å²) in [6, 6.07) is 0. The molecule has 0 radical (unpaired) electrons. The fourth-order valence-corrected chi connectivity index (χ4v) is 17.8. The summed E-state index contributed by atoms with van der Waals surface area (Å²) < 4.78 is 6.31. The Balaban J connectivity index is 0.780. The Hall–Kier alpha value is -0.200. The molecule has 0 bridgehead atoms. The summed E-state index contributed by atoms with van der Waals surface area (Å²) in [5, 5.41) is 44.8. The van der Waals surface area contributed by atoms with Crippen LogP contribution in [0.1, 0.15) is 170 Å². The van der Waals surface area contributed by atoms with E-state index in [2.05, 4.69) is 41.5 Å². The molecular formula is C48H82O5. The second-order valence-electron chi connectivity index (χ2n) is 22.6. The second kappa shape index (κ2) is 14.9. The Kier molecular flexibility index (Phi) is 11.1. The number of hydrogen-bond donors (Lipinski definition) is 4. The molecule has 4 N–H and O–H groups in total. The van der Waals surface area contributed by atoms with Crippen LogP contribution < -0.4 is 0 Å². The van der Waals surface area contributed by atoms with E-state index in [-0.39, 0.29) is 35.2 Å². The molecule has 53 heavy (non-hydrogen) atoms. The van der Waals surface area contributed by atoms with E-state index in [1.54, 1.807) is 0 Å². The predicted molar refractivity (Wildman–Crippen MR) is 213 cm³/mol. The third-order valence-corrected chi connectivity index (χ3v) is 20.9. The maximum atomic E-state index is 12.0. The van der Waals surface area contributed by atoms with Crippen molar-refractivity contribution in [3.8, 4) is 0 Å². The standard InChI is InChI=1S/C48H82O5/c1-29(37-15-17-39-35-13-11-31-25-33(49)19-21-45(31,3)41(35)27-43(51)47(37,39)5)9-7-23-53-24-8-10-30(2)38-16-18-40-36-14-12-32-26-34(50)20-22-46(32,4)42(36)28-44(52)48(38,40)6/h29-44,49-52H,7-28H2,1-6H3/t29-,30-,31-,32-,33-,34-,35?,36?,37-,38-,39?,40?,41?,42?,43+,44+,45+,46+,47-,48-/m1/s1. The molecule has 0 amide bonds. The normalized spacial score (nSPS) is 54.5. The van der Waals surface area contributed by atoms with Crippen LogP contribution in [-0.4, -0.2) is 58.1 Å². The molecule has 0 aromatic rings. The number of rotatable bonds is 10. The molecule has 20 atom stereocenters. The van der Waals surface area contributed by atoms with Gasteiger partial charge in [-0.15, -0.1) is 0 Å². The van der Waals surface area contributed by atoms with Crippen LogP contribution in [0.5, 0.6) is 0 Å². The highest BCUT2D eigenvalue weighted by molar-refractivity contribution is 5.14. The molecule has 0 saturated heterocycles. The van der Waals surface area contributed by atoms with Crippen molar-refractivity contribution in [2.24, 2.45) is 92.7 Å². The summed E-state index contributed by atoms with van der Waals surface area (Å²) in [6.45, 7) is 16.7. The molecule has 8 fully saturated rings. The van der Waals surface area contributed by atoms with E-state index in [1.165, 1.54) is 64.2 Å². The van der Waals surface area contributed by atoms with Crippen molar-refractivity contribution in [3.05, 3.63) is 0 Å². The molecule has 0 aromatic carbocycles. The van der Waals surface area contributed by atoms with Gasteiger partial charge >= 0.3 is 0 Å². The van der Waals surface area contributed by atoms with Crippen LogP contribution in [-0.2, 0) is 4.74 Å². The molecule has 304 valence electrons. The van der Waals surface area contributed by atoms with Crippen molar-refractivity contribution in [3.63, 3.8) is 0 Å². The van der Waals surface area contributed by atoms with Gasteiger partial charge < -0.3 is 25.2 Å². The highest BCUT2D eigenvalue weighted by Gasteiger charge is 2.65. The average Bonchev–Trinajstić information content (AvgIpc) is 3.68. The van der Waals surface area contributed by atoms with Crippen LogP contribution in [0.4, 0.5) is 0 Å². The molecule has 8 rings (SSSR count). The molecule has 8 saturated carbocycles. The predicted octanol–water partition coefficient (Wildman–Crippen LogP) is 9.82. The van der Waals surface area contributed by atoms with Crippen molar-refractivity contribution >= 4 is 0 Å². The molecule has 0 aliphatic heterocycles. The zero-order valence-electron chi connectivity index (χ0n) is 35.0. The van der Waals surface area contributed by atoms with Gasteiger partial charge in [-0.1, -0.05) is 41.5 Å². The minimum absolute atomic E-state index is 0.0501. The van der Waals surface area contributed by atoms with E-state index in [1.807, 2.05) is 0 Å². The van der Waals surface area contributed by atoms with Gasteiger partial charge in [0.25, 0.3) is 0 Å². The molecule has 8 aliphatic carbocycles. The fourth-order valence-electron chi connectivity index (χ4n) is 17.8. The lowest BCUT2D eigenvalue weighted by molar-refractivity contribution is -0.175. The number of ether oxygens (including phenoxy) is 1. The summed E-state index contributed by atoms with van der Waals surface area (Å²) >= 11 is 0. The van der Waals surface area contributed by atoms with Gasteiger partial charge in [0.15, 0.2) is 0 Å². The Morgan fingerprint density at radius 1 is 0.509 bits per heavy atom. The van der Waals surface area contributed by atoms with Crippen molar-refractivity contribution in [2.45, 2.75) is 194 Å². The van der Waals surface area contributed by atoms with Crippen LogP contribution in [0, 0.1) is 92.7 Å². The third kappa shape index (κ3) is 6.39. The monoisotopic (exact) mass is 739 g/mol. The molecule has 0 spiro atoms. The highest BCUT2D eigenvalue weighted by atomic mass is 16.5. The second-order valence-corrected chi connectivity index (χ2v) is 22.6. The molecule has 5 heteroatoms. The van der Waals surface area contributed by atoms with Gasteiger partial charge in [0.05, 0.1) is 24.4 Å². The molecule has 5 nitrogen and oxygen atoms in total. The quantitative estimate of drug-likeness (QED) is 0.168. The fraction of sp³-hybridized carbons (Fsp3) is 1.00. The van der Waals surface area contributed by atoms with Crippen molar-refractivity contribution in [1.82, 2.24) is 0 Å². The van der Waals surface area contributed by atoms with Crippen LogP contribution in [0.25, 0.3) is 0 Å². The third-order valence-electron chi connectivity index (χ3n) is 20.9. The Bertz CT molecular complexity index is 1180. The topological polar surface area (TPSA) is 90.2 Å². The SMILES string of the molecule is C[C@H](CCCOCCC[C@@H](C)[C@H]1CCC2C3CC[C@@H]4C[C@H](O)CC[C@]4(C)C3C[C@H](O)[C@@]21C)[C@H]1CCC2C3CC[C@@H]4C[C@H](O)CC[C@]4(C)C3C[C@H](O)[C@@]21C. The van der Waals surface area contributed by atoms with Crippen LogP contribution in [0.15, 0.2) is 0 Å². The summed E-state index contributed by atoms with van der Waals surface area (Å²) in [6.07, 6.45) is 22.5. The van der Waals surface area contributed by atoms with Gasteiger partial charge in [-0.3, -0.25) is 0 Å². The lowest BCUT2D eigenvalue weighted by Gasteiger charge is -2.62. The van der Waals surface area contributed by atoms with Crippen molar-refractivity contribution < 1.29 is 25.2 Å². The smallest absolute Gasteiger partial charge is 0.0602 e. The number of hydrogen-bond acceptors (Lipinski definition) is 5. The van der Waals surface area contributed by atoms with Gasteiger partial charge in [-0.05, 0) is 221 Å². The molecular weight excluding hydrogens is 657 g/mol. The number of fused-ring (bicyclic) bond motifs is 10. The largest absolute Gasteiger partial charge is 0.393 e. The van der Waals surface area contributed by atoms with E-state index >= 15 is 0 Å². The van der Waals surface area contributed by atoms with Gasteiger partial charge in [0, 0.05) is 13.2 Å². The highest BCUT2D eigenvalue weighted by Crippen LogP contribution is 2.70. The maximum Gasteiger partial charge on any atom is 0.0602 e. The van der Waals surface area contributed by atoms with E-state index in [4.69, 9.17) is 4.74 Å². The first kappa shape index (κ1) is 39.6. The van der Waals surface area contributed by atoms with Gasteiger partial charge in [-0.25, -0.2) is 0 Å². The Morgan fingerprint density at radius 3 is 1.34 bits per heavy atom. The zero-order chi connectivity index (χ0) is 37.5. The van der Waals surface area contributed by atoms with Gasteiger partial charge in [0.1, 0.15) is 0 Å². The zero-order valence-corrected chi connectivity index (χ0v) is 35.0.